The number of nitrogens with two attached hydrogens (primary N) is 1. The van der Waals surface area contributed by atoms with Gasteiger partial charge in [0, 0.05) is 26.0 Å². The Morgan fingerprint density at radius 2 is 2.05 bits per heavy atom. The van der Waals surface area contributed by atoms with Crippen molar-refractivity contribution in [1.29, 1.82) is 0 Å². The second kappa shape index (κ2) is 6.32. The minimum absolute atomic E-state index is 0.194. The lowest BCUT2D eigenvalue weighted by Crippen LogP contribution is -2.41. The summed E-state index contributed by atoms with van der Waals surface area (Å²) < 4.78 is 1.90. The molecule has 2 rings (SSSR count). The zero-order valence-electron chi connectivity index (χ0n) is 11.8. The molecule has 0 bridgehead atoms. The molecule has 0 fully saturated rings. The van der Waals surface area contributed by atoms with Gasteiger partial charge in [-0.3, -0.25) is 4.79 Å². The van der Waals surface area contributed by atoms with E-state index in [0.29, 0.717) is 12.1 Å². The molecule has 0 saturated carbocycles. The predicted octanol–water partition coefficient (Wildman–Crippen LogP) is 0.622. The number of nitrogens with one attached hydrogen (secondary N) is 1. The van der Waals surface area contributed by atoms with Crippen LogP contribution < -0.4 is 11.1 Å². The average molecular weight is 289 g/mol. The van der Waals surface area contributed by atoms with Crippen LogP contribution in [0.15, 0.2) is 36.7 Å². The van der Waals surface area contributed by atoms with Gasteiger partial charge < -0.3 is 25.8 Å². The first-order valence-corrected chi connectivity index (χ1v) is 6.60. The fraction of sp³-hybridized carbons (Fsp3) is 0.267. The van der Waals surface area contributed by atoms with Crippen molar-refractivity contribution in [3.8, 4) is 11.5 Å². The number of phenols is 2. The molecule has 6 heteroatoms. The first-order chi connectivity index (χ1) is 9.95. The molecular weight excluding hydrogens is 270 g/mol. The van der Waals surface area contributed by atoms with Gasteiger partial charge in [0.2, 0.25) is 5.91 Å². The number of nitrogens with zero attached hydrogens (tertiary/aromatic N) is 1. The quantitative estimate of drug-likeness (QED) is 0.606. The number of hydrogen-bond donors (Lipinski definition) is 4. The van der Waals surface area contributed by atoms with Gasteiger partial charge in [-0.05, 0) is 35.7 Å². The Balaban J connectivity index is 1.88. The minimum atomic E-state index is -0.711. The second-order valence-electron chi connectivity index (χ2n) is 5.04. The number of aryl methyl sites for hydroxylation is 1. The Bertz CT molecular complexity index is 637. The van der Waals surface area contributed by atoms with Crippen LogP contribution >= 0.6 is 0 Å². The van der Waals surface area contributed by atoms with E-state index in [2.05, 4.69) is 5.32 Å². The van der Waals surface area contributed by atoms with Gasteiger partial charge in [-0.15, -0.1) is 0 Å². The molecule has 1 amide bonds. The van der Waals surface area contributed by atoms with E-state index in [1.807, 2.05) is 30.1 Å². The summed E-state index contributed by atoms with van der Waals surface area (Å²) in [5.41, 5.74) is 7.53. The third-order valence-corrected chi connectivity index (χ3v) is 3.19. The number of aromatic nitrogens is 1. The Kier molecular flexibility index (Phi) is 4.49. The number of benzene rings is 1. The molecule has 1 aromatic carbocycles. The second-order valence-corrected chi connectivity index (χ2v) is 5.04. The van der Waals surface area contributed by atoms with Gasteiger partial charge in [0.1, 0.15) is 0 Å². The van der Waals surface area contributed by atoms with Crippen molar-refractivity contribution >= 4 is 5.91 Å². The summed E-state index contributed by atoms with van der Waals surface area (Å²) in [6.45, 7) is 0.425. The molecule has 6 nitrogen and oxygen atoms in total. The van der Waals surface area contributed by atoms with Crippen LogP contribution in [0.1, 0.15) is 11.1 Å². The summed E-state index contributed by atoms with van der Waals surface area (Å²) >= 11 is 0. The van der Waals surface area contributed by atoms with Crippen molar-refractivity contribution in [2.45, 2.75) is 19.0 Å². The highest BCUT2D eigenvalue weighted by molar-refractivity contribution is 5.81. The molecule has 0 aliphatic rings. The van der Waals surface area contributed by atoms with Crippen LogP contribution in [0.25, 0.3) is 0 Å². The lowest BCUT2D eigenvalue weighted by Gasteiger charge is -2.12. The minimum Gasteiger partial charge on any atom is -0.504 e. The van der Waals surface area contributed by atoms with Crippen molar-refractivity contribution in [3.63, 3.8) is 0 Å². The van der Waals surface area contributed by atoms with E-state index >= 15 is 0 Å². The normalized spacial score (nSPS) is 12.1. The van der Waals surface area contributed by atoms with Gasteiger partial charge in [0.05, 0.1) is 6.04 Å². The molecule has 5 N–H and O–H groups in total. The molecule has 1 heterocycles. The van der Waals surface area contributed by atoms with Gasteiger partial charge in [-0.2, -0.15) is 0 Å². The van der Waals surface area contributed by atoms with Crippen LogP contribution in [0.2, 0.25) is 0 Å². The maximum atomic E-state index is 11.9. The zero-order valence-corrected chi connectivity index (χ0v) is 11.8. The highest BCUT2D eigenvalue weighted by Gasteiger charge is 2.14. The number of carbonyl (C=O) groups is 1. The Hall–Kier alpha value is -2.47. The molecule has 0 aliphatic heterocycles. The van der Waals surface area contributed by atoms with Crippen LogP contribution in [0.5, 0.6) is 11.5 Å². The Morgan fingerprint density at radius 3 is 2.67 bits per heavy atom. The number of rotatable bonds is 5. The maximum Gasteiger partial charge on any atom is 0.237 e. The number of aromatic hydroxyl groups is 2. The summed E-state index contributed by atoms with van der Waals surface area (Å²) in [6, 6.07) is 5.61. The average Bonchev–Trinajstić information content (AvgIpc) is 2.86. The molecular formula is C15H19N3O3. The number of carbonyl (C=O) groups excluding carboxylic acids is 1. The van der Waals surface area contributed by atoms with Gasteiger partial charge >= 0.3 is 0 Å². The molecule has 0 saturated heterocycles. The first-order valence-electron chi connectivity index (χ1n) is 6.60. The maximum absolute atomic E-state index is 11.9. The first kappa shape index (κ1) is 14.9. The summed E-state index contributed by atoms with van der Waals surface area (Å²) in [5, 5.41) is 21.4. The third kappa shape index (κ3) is 4.00. The van der Waals surface area contributed by atoms with Crippen molar-refractivity contribution in [1.82, 2.24) is 9.88 Å². The zero-order chi connectivity index (χ0) is 15.4. The lowest BCUT2D eigenvalue weighted by molar-refractivity contribution is -0.122. The van der Waals surface area contributed by atoms with Gasteiger partial charge in [-0.1, -0.05) is 6.07 Å². The summed E-state index contributed by atoms with van der Waals surface area (Å²) in [6.07, 6.45) is 4.11. The van der Waals surface area contributed by atoms with Gasteiger partial charge in [-0.25, -0.2) is 0 Å². The Labute approximate surface area is 122 Å². The Morgan fingerprint density at radius 1 is 1.29 bits per heavy atom. The molecule has 0 unspecified atom stereocenters. The molecule has 21 heavy (non-hydrogen) atoms. The molecule has 0 radical (unpaired) electrons. The molecule has 2 aromatic rings. The summed E-state index contributed by atoms with van der Waals surface area (Å²) in [7, 11) is 1.91. The molecule has 1 aromatic heterocycles. The third-order valence-electron chi connectivity index (χ3n) is 3.19. The van der Waals surface area contributed by atoms with Crippen molar-refractivity contribution in [3.05, 3.63) is 47.8 Å². The van der Waals surface area contributed by atoms with E-state index in [1.54, 1.807) is 6.07 Å². The van der Waals surface area contributed by atoms with Crippen molar-refractivity contribution in [2.75, 3.05) is 0 Å². The SMILES string of the molecule is Cn1ccc(CNC(=O)[C@@H](N)Cc2ccc(O)c(O)c2)c1. The molecule has 0 aliphatic carbocycles. The molecule has 0 spiro atoms. The van der Waals surface area contributed by atoms with E-state index in [4.69, 9.17) is 5.73 Å². The van der Waals surface area contributed by atoms with E-state index in [0.717, 1.165) is 5.56 Å². The van der Waals surface area contributed by atoms with Crippen LogP contribution in [0.3, 0.4) is 0 Å². The van der Waals surface area contributed by atoms with Crippen LogP contribution in [0.4, 0.5) is 0 Å². The van der Waals surface area contributed by atoms with Gasteiger partial charge in [0.25, 0.3) is 0 Å². The van der Waals surface area contributed by atoms with E-state index in [1.165, 1.54) is 12.1 Å². The monoisotopic (exact) mass is 289 g/mol. The van der Waals surface area contributed by atoms with Crippen LogP contribution in [-0.2, 0) is 24.8 Å². The van der Waals surface area contributed by atoms with Crippen LogP contribution in [0, 0.1) is 0 Å². The van der Waals surface area contributed by atoms with Gasteiger partial charge in [0.15, 0.2) is 11.5 Å². The molecule has 1 atom stereocenters. The molecule has 112 valence electrons. The predicted molar refractivity (Wildman–Crippen MR) is 78.7 cm³/mol. The van der Waals surface area contributed by atoms with E-state index < -0.39 is 6.04 Å². The smallest absolute Gasteiger partial charge is 0.237 e. The summed E-state index contributed by atoms with van der Waals surface area (Å²) in [5.74, 6) is -0.670. The topological polar surface area (TPSA) is 101 Å². The number of phenolic OH excluding ortho intramolecular Hbond substituents is 2. The fourth-order valence-electron chi connectivity index (χ4n) is 2.03. The van der Waals surface area contributed by atoms with Crippen LogP contribution in [-0.4, -0.2) is 26.7 Å². The number of hydrogen-bond acceptors (Lipinski definition) is 4. The fourth-order valence-corrected chi connectivity index (χ4v) is 2.03. The number of amides is 1. The lowest BCUT2D eigenvalue weighted by atomic mass is 10.1. The highest BCUT2D eigenvalue weighted by atomic mass is 16.3. The largest absolute Gasteiger partial charge is 0.504 e. The van der Waals surface area contributed by atoms with Crippen molar-refractivity contribution in [2.24, 2.45) is 12.8 Å². The van der Waals surface area contributed by atoms with E-state index in [9.17, 15) is 15.0 Å². The summed E-state index contributed by atoms with van der Waals surface area (Å²) in [4.78, 5) is 11.9. The van der Waals surface area contributed by atoms with E-state index in [-0.39, 0.29) is 23.8 Å². The standard InChI is InChI=1S/C15H19N3O3/c1-18-5-4-11(9-18)8-17-15(21)12(16)6-10-2-3-13(19)14(20)7-10/h2-5,7,9,12,19-20H,6,8,16H2,1H3,(H,17,21)/t12-/m0/s1. The highest BCUT2D eigenvalue weighted by Crippen LogP contribution is 2.25. The van der Waals surface area contributed by atoms with Crippen molar-refractivity contribution < 1.29 is 15.0 Å².